The van der Waals surface area contributed by atoms with Gasteiger partial charge in [-0.2, -0.15) is 8.78 Å². The first-order valence-electron chi connectivity index (χ1n) is 11.5. The number of hydrogen-bond donors (Lipinski definition) is 3. The van der Waals surface area contributed by atoms with Gasteiger partial charge in [-0.25, -0.2) is 8.42 Å². The van der Waals surface area contributed by atoms with Crippen LogP contribution in [0.3, 0.4) is 0 Å². The highest BCUT2D eigenvalue weighted by Crippen LogP contribution is 2.26. The lowest BCUT2D eigenvalue weighted by Gasteiger charge is -2.38. The van der Waals surface area contributed by atoms with Crippen molar-refractivity contribution in [2.45, 2.75) is 31.9 Å². The number of nitrogens with zero attached hydrogens (tertiary/aromatic N) is 1. The molecule has 4 rings (SSSR count). The lowest BCUT2D eigenvalue weighted by molar-refractivity contribution is -0.0498. The van der Waals surface area contributed by atoms with Gasteiger partial charge in [0.1, 0.15) is 11.4 Å². The van der Waals surface area contributed by atoms with E-state index in [-0.39, 0.29) is 34.2 Å². The number of ether oxygens (including phenoxy) is 2. The minimum atomic E-state index is -3.14. The van der Waals surface area contributed by atoms with E-state index < -0.39 is 27.9 Å². The Hall–Kier alpha value is -3.12. The second-order valence-corrected chi connectivity index (χ2v) is 11.4. The van der Waals surface area contributed by atoms with Crippen LogP contribution in [-0.2, 0) is 14.6 Å². The maximum absolute atomic E-state index is 12.9. The Labute approximate surface area is 208 Å². The molecular formula is C24H28F2N4O5S. The normalized spacial score (nSPS) is 18.8. The molecule has 0 atom stereocenters. The zero-order valence-electron chi connectivity index (χ0n) is 19.7. The summed E-state index contributed by atoms with van der Waals surface area (Å²) in [6, 6.07) is 7.36. The van der Waals surface area contributed by atoms with Crippen molar-refractivity contribution in [2.24, 2.45) is 5.92 Å². The van der Waals surface area contributed by atoms with E-state index in [1.807, 2.05) is 0 Å². The first-order chi connectivity index (χ1) is 17.0. The largest absolute Gasteiger partial charge is 0.435 e. The average Bonchev–Trinajstić information content (AvgIpc) is 2.81. The molecule has 9 nitrogen and oxygen atoms in total. The van der Waals surface area contributed by atoms with Crippen molar-refractivity contribution in [2.75, 3.05) is 36.6 Å². The second-order valence-electron chi connectivity index (χ2n) is 9.39. The summed E-state index contributed by atoms with van der Waals surface area (Å²) < 4.78 is 58.3. The number of amides is 1. The third kappa shape index (κ3) is 6.35. The number of benzene rings is 1. The van der Waals surface area contributed by atoms with E-state index in [0.717, 1.165) is 12.8 Å². The van der Waals surface area contributed by atoms with Crippen LogP contribution in [0.15, 0.2) is 36.5 Å². The third-order valence-corrected chi connectivity index (χ3v) is 8.30. The monoisotopic (exact) mass is 522 g/mol. The van der Waals surface area contributed by atoms with Gasteiger partial charge in [0.2, 0.25) is 0 Å². The Morgan fingerprint density at radius 3 is 2.64 bits per heavy atom. The zero-order chi connectivity index (χ0) is 25.9. The fourth-order valence-electron chi connectivity index (χ4n) is 4.44. The van der Waals surface area contributed by atoms with Gasteiger partial charge in [0.25, 0.3) is 5.91 Å². The molecular weight excluding hydrogens is 494 g/mol. The number of carbonyl (C=O) groups is 1. The maximum atomic E-state index is 12.9. The SMILES string of the molecule is CC1(NC(=O)c2cnc(C(=N)c3cccc(OC(F)F)c3)c(NCC3CCOCC3)c2)CS(=O)(=O)C1. The molecule has 0 radical (unpaired) electrons. The molecule has 2 fully saturated rings. The number of aromatic nitrogens is 1. The number of alkyl halides is 2. The lowest BCUT2D eigenvalue weighted by Crippen LogP contribution is -2.63. The van der Waals surface area contributed by atoms with Crippen LogP contribution in [0.1, 0.15) is 41.4 Å². The summed E-state index contributed by atoms with van der Waals surface area (Å²) in [7, 11) is -3.14. The molecule has 0 aliphatic carbocycles. The van der Waals surface area contributed by atoms with Crippen LogP contribution in [0.2, 0.25) is 0 Å². The summed E-state index contributed by atoms with van der Waals surface area (Å²) in [4.78, 5) is 17.2. The highest BCUT2D eigenvalue weighted by Gasteiger charge is 2.45. The third-order valence-electron chi connectivity index (χ3n) is 6.15. The summed E-state index contributed by atoms with van der Waals surface area (Å²) in [5.74, 6) is -0.482. The standard InChI is InChI=1S/C24H28F2N4O5S/c1-24(13-36(32,33)14-24)30-22(31)17-10-19(28-11-15-5-7-34-8-6-15)21(29-12-17)20(27)16-3-2-4-18(9-16)35-23(25)26/h2-4,9-10,12,15,23,27-28H,5-8,11,13-14H2,1H3,(H,30,31). The predicted molar refractivity (Wildman–Crippen MR) is 130 cm³/mol. The summed E-state index contributed by atoms with van der Waals surface area (Å²) in [5, 5.41) is 14.7. The van der Waals surface area contributed by atoms with Crippen molar-refractivity contribution in [1.29, 1.82) is 5.41 Å². The van der Waals surface area contributed by atoms with Gasteiger partial charge in [-0.05, 0) is 43.9 Å². The quantitative estimate of drug-likeness (QED) is 0.432. The minimum Gasteiger partial charge on any atom is -0.435 e. The summed E-state index contributed by atoms with van der Waals surface area (Å²) in [6.07, 6.45) is 3.05. The van der Waals surface area contributed by atoms with Crippen LogP contribution >= 0.6 is 0 Å². The van der Waals surface area contributed by atoms with E-state index >= 15 is 0 Å². The Morgan fingerprint density at radius 2 is 1.97 bits per heavy atom. The molecule has 1 amide bonds. The molecule has 0 bridgehead atoms. The first-order valence-corrected chi connectivity index (χ1v) is 13.3. The molecule has 2 aliphatic rings. The number of pyridine rings is 1. The van der Waals surface area contributed by atoms with Crippen LogP contribution in [0.25, 0.3) is 0 Å². The van der Waals surface area contributed by atoms with E-state index in [4.69, 9.17) is 10.1 Å². The number of sulfone groups is 1. The first kappa shape index (κ1) is 26.0. The van der Waals surface area contributed by atoms with Gasteiger partial charge < -0.3 is 20.1 Å². The summed E-state index contributed by atoms with van der Waals surface area (Å²) >= 11 is 0. The van der Waals surface area contributed by atoms with E-state index in [2.05, 4.69) is 20.4 Å². The van der Waals surface area contributed by atoms with E-state index in [1.54, 1.807) is 19.1 Å². The molecule has 2 aromatic rings. The number of carbonyl (C=O) groups excluding carboxylic acids is 1. The van der Waals surface area contributed by atoms with Gasteiger partial charge in [-0.3, -0.25) is 15.2 Å². The van der Waals surface area contributed by atoms with E-state index in [1.165, 1.54) is 24.4 Å². The van der Waals surface area contributed by atoms with Crippen molar-refractivity contribution >= 4 is 27.1 Å². The minimum absolute atomic E-state index is 0.0341. The van der Waals surface area contributed by atoms with Crippen molar-refractivity contribution in [3.8, 4) is 5.75 Å². The molecule has 3 N–H and O–H groups in total. The Morgan fingerprint density at radius 1 is 1.25 bits per heavy atom. The molecule has 2 saturated heterocycles. The molecule has 2 aliphatic heterocycles. The zero-order valence-corrected chi connectivity index (χ0v) is 20.5. The maximum Gasteiger partial charge on any atom is 0.387 e. The summed E-state index contributed by atoms with van der Waals surface area (Å²) in [6.45, 7) is 0.570. The van der Waals surface area contributed by atoms with Crippen LogP contribution in [0.4, 0.5) is 14.5 Å². The smallest absolute Gasteiger partial charge is 0.387 e. The topological polar surface area (TPSA) is 130 Å². The van der Waals surface area contributed by atoms with Gasteiger partial charge in [-0.15, -0.1) is 0 Å². The Balaban J connectivity index is 1.59. The van der Waals surface area contributed by atoms with Crippen molar-refractivity contribution in [1.82, 2.24) is 10.3 Å². The van der Waals surface area contributed by atoms with Crippen molar-refractivity contribution < 1.29 is 31.5 Å². The number of nitrogens with one attached hydrogen (secondary N) is 3. The molecule has 0 saturated carbocycles. The number of halogens is 2. The second kappa shape index (κ2) is 10.5. The Bertz CT molecular complexity index is 1240. The molecule has 3 heterocycles. The van der Waals surface area contributed by atoms with Crippen LogP contribution in [0.5, 0.6) is 5.75 Å². The highest BCUT2D eigenvalue weighted by molar-refractivity contribution is 7.93. The lowest BCUT2D eigenvalue weighted by atomic mass is 9.99. The van der Waals surface area contributed by atoms with Crippen LogP contribution in [-0.4, -0.2) is 68.4 Å². The highest BCUT2D eigenvalue weighted by atomic mass is 32.2. The molecule has 36 heavy (non-hydrogen) atoms. The van der Waals surface area contributed by atoms with Crippen LogP contribution < -0.4 is 15.4 Å². The fraction of sp³-hybridized carbons (Fsp3) is 0.458. The van der Waals surface area contributed by atoms with Gasteiger partial charge in [-0.1, -0.05) is 12.1 Å². The summed E-state index contributed by atoms with van der Waals surface area (Å²) in [5.41, 5.74) is 0.326. The van der Waals surface area contributed by atoms with Crippen molar-refractivity contribution in [3.05, 3.63) is 53.3 Å². The van der Waals surface area contributed by atoms with Gasteiger partial charge in [0.15, 0.2) is 9.84 Å². The molecule has 194 valence electrons. The van der Waals surface area contributed by atoms with Crippen molar-refractivity contribution in [3.63, 3.8) is 0 Å². The fourth-order valence-corrected chi connectivity index (χ4v) is 6.44. The molecule has 1 aromatic heterocycles. The van der Waals surface area contributed by atoms with E-state index in [0.29, 0.717) is 36.9 Å². The molecule has 0 unspecified atom stereocenters. The van der Waals surface area contributed by atoms with E-state index in [9.17, 15) is 22.0 Å². The Kier molecular flexibility index (Phi) is 7.55. The number of rotatable bonds is 9. The predicted octanol–water partition coefficient (Wildman–Crippen LogP) is 2.85. The average molecular weight is 523 g/mol. The molecule has 12 heteroatoms. The number of anilines is 1. The van der Waals surface area contributed by atoms with Crippen LogP contribution in [0, 0.1) is 11.3 Å². The van der Waals surface area contributed by atoms with Gasteiger partial charge in [0.05, 0.1) is 34.0 Å². The van der Waals surface area contributed by atoms with Gasteiger partial charge in [0, 0.05) is 31.5 Å². The van der Waals surface area contributed by atoms with Gasteiger partial charge >= 0.3 is 6.61 Å². The molecule has 1 aromatic carbocycles. The molecule has 0 spiro atoms. The number of hydrogen-bond acceptors (Lipinski definition) is 8.